The maximum atomic E-state index is 8.29. The van der Waals surface area contributed by atoms with Gasteiger partial charge in [-0.15, -0.1) is 0 Å². The van der Waals surface area contributed by atoms with Crippen molar-refractivity contribution in [2.24, 2.45) is 71.0 Å². The van der Waals surface area contributed by atoms with Gasteiger partial charge in [0.1, 0.15) is 0 Å². The molecule has 0 spiro atoms. The molecule has 61 heavy (non-hydrogen) atoms. The van der Waals surface area contributed by atoms with Crippen molar-refractivity contribution in [1.29, 1.82) is 0 Å². The van der Waals surface area contributed by atoms with Crippen LogP contribution in [0.3, 0.4) is 0 Å². The fourth-order valence-electron chi connectivity index (χ4n) is 8.94. The molecule has 0 unspecified atom stereocenters. The predicted octanol–water partition coefficient (Wildman–Crippen LogP) is 13.7. The van der Waals surface area contributed by atoms with Crippen LogP contribution in [0.2, 0.25) is 0 Å². The second kappa shape index (κ2) is 31.2. The fraction of sp³-hybridized carbons (Fsp3) is 0.538. The van der Waals surface area contributed by atoms with Gasteiger partial charge in [-0.3, -0.25) is 0 Å². The Balaban J connectivity index is 0.000000798. The van der Waals surface area contributed by atoms with Gasteiger partial charge in [0.2, 0.25) is 0 Å². The van der Waals surface area contributed by atoms with Crippen molar-refractivity contribution in [1.82, 2.24) is 0 Å². The van der Waals surface area contributed by atoms with E-state index in [2.05, 4.69) is 192 Å². The highest BCUT2D eigenvalue weighted by molar-refractivity contribution is 7.52. The SMILES string of the molecule is C.C[C@@H]1[C@H](C)[C@@H](C)CC=C(c2ccccc2)[C@@H]1C.C[C@@H]1[C@H](C)[C@H](C)C(c2ccccc2)=CC[C@H]1C.C[C@H]1[C@H](C)[C@H](C)C(c2ccccc2)=CC[C@H]1C.O=S=O.O=S=O.O=S=O. The molecule has 6 nitrogen and oxygen atoms in total. The zero-order valence-electron chi connectivity index (χ0n) is 38.1. The average molecular weight is 893 g/mol. The van der Waals surface area contributed by atoms with Crippen molar-refractivity contribution in [3.63, 3.8) is 0 Å². The van der Waals surface area contributed by atoms with E-state index in [0.717, 1.165) is 53.3 Å². The van der Waals surface area contributed by atoms with Crippen LogP contribution in [0.1, 0.15) is 126 Å². The van der Waals surface area contributed by atoms with Crippen LogP contribution in [0.4, 0.5) is 0 Å². The lowest BCUT2D eigenvalue weighted by Gasteiger charge is -2.28. The highest BCUT2D eigenvalue weighted by Crippen LogP contribution is 2.42. The lowest BCUT2D eigenvalue weighted by Crippen LogP contribution is -2.20. The van der Waals surface area contributed by atoms with Crippen LogP contribution in [0, 0.1) is 71.0 Å². The van der Waals surface area contributed by atoms with Gasteiger partial charge in [0.15, 0.2) is 0 Å². The van der Waals surface area contributed by atoms with Gasteiger partial charge in [0.05, 0.1) is 0 Å². The maximum Gasteiger partial charge on any atom is 0.335 e. The molecule has 0 saturated heterocycles. The molecule has 0 saturated carbocycles. The van der Waals surface area contributed by atoms with E-state index in [9.17, 15) is 0 Å². The normalized spacial score (nSPS) is 29.0. The van der Waals surface area contributed by atoms with Gasteiger partial charge in [0, 0.05) is 0 Å². The van der Waals surface area contributed by atoms with Crippen LogP contribution in [0.25, 0.3) is 16.7 Å². The minimum absolute atomic E-state index is 0. The third-order valence-corrected chi connectivity index (χ3v) is 14.5. The number of rotatable bonds is 3. The van der Waals surface area contributed by atoms with Crippen LogP contribution in [-0.2, 0) is 34.7 Å². The molecule has 3 aromatic carbocycles. The third-order valence-electron chi connectivity index (χ3n) is 14.5. The summed E-state index contributed by atoms with van der Waals surface area (Å²) in [5.41, 5.74) is 8.88. The molecule has 0 aliphatic heterocycles. The summed E-state index contributed by atoms with van der Waals surface area (Å²) in [6.45, 7) is 28.8. The Morgan fingerprint density at radius 1 is 0.328 bits per heavy atom. The van der Waals surface area contributed by atoms with E-state index >= 15 is 0 Å². The Kier molecular flexibility index (Phi) is 29.3. The standard InChI is InChI=1S/3C17H24.CH4.3O2S/c3*1-12-10-11-17(15(4)14(3)13(12)2)16-8-6-5-7-9-16;;3*1-3-2/h3*5-9,11-15H,10H2,1-4H3;1H4;;;/t2*12-,13+,14+,15+;12-,13-,14+,15+;;;;/m101..../s1. The van der Waals surface area contributed by atoms with Crippen LogP contribution in [0.15, 0.2) is 109 Å². The molecule has 6 rings (SSSR count). The van der Waals surface area contributed by atoms with Crippen molar-refractivity contribution in [3.05, 3.63) is 126 Å². The first-order chi connectivity index (χ1) is 28.6. The van der Waals surface area contributed by atoms with Gasteiger partial charge in [-0.25, -0.2) is 0 Å². The van der Waals surface area contributed by atoms with E-state index in [1.165, 1.54) is 36.0 Å². The topological polar surface area (TPSA) is 102 Å². The Morgan fingerprint density at radius 3 is 0.689 bits per heavy atom. The summed E-state index contributed by atoms with van der Waals surface area (Å²) in [6.07, 6.45) is 11.1. The van der Waals surface area contributed by atoms with Crippen molar-refractivity contribution >= 4 is 51.4 Å². The van der Waals surface area contributed by atoms with Crippen molar-refractivity contribution in [2.75, 3.05) is 0 Å². The van der Waals surface area contributed by atoms with E-state index in [0.29, 0.717) is 17.8 Å². The third kappa shape index (κ3) is 18.3. The van der Waals surface area contributed by atoms with Crippen molar-refractivity contribution in [2.45, 2.75) is 110 Å². The van der Waals surface area contributed by atoms with Crippen molar-refractivity contribution < 1.29 is 25.3 Å². The molecule has 0 bridgehead atoms. The lowest BCUT2D eigenvalue weighted by atomic mass is 9.77. The zero-order chi connectivity index (χ0) is 45.4. The van der Waals surface area contributed by atoms with Gasteiger partial charge in [0.25, 0.3) is 0 Å². The quantitative estimate of drug-likeness (QED) is 0.259. The van der Waals surface area contributed by atoms with E-state index in [4.69, 9.17) is 25.3 Å². The minimum Gasteiger partial charge on any atom is -0.168 e. The average Bonchev–Trinajstić information content (AvgIpc) is 3.47. The summed E-state index contributed by atoms with van der Waals surface area (Å²) in [5.74, 6) is 9.10. The molecule has 338 valence electrons. The highest BCUT2D eigenvalue weighted by Gasteiger charge is 2.31. The molecule has 0 aromatic heterocycles. The minimum atomic E-state index is -0.750. The Hall–Kier alpha value is -3.66. The van der Waals surface area contributed by atoms with Gasteiger partial charge < -0.3 is 0 Å². The molecule has 0 N–H and O–H groups in total. The van der Waals surface area contributed by atoms with Crippen LogP contribution < -0.4 is 0 Å². The molecule has 9 heteroatoms. The Bertz CT molecular complexity index is 1640. The second-order valence-electron chi connectivity index (χ2n) is 17.4. The van der Waals surface area contributed by atoms with E-state index < -0.39 is 34.7 Å². The molecule has 0 fully saturated rings. The second-order valence-corrected chi connectivity index (χ2v) is 17.8. The number of hydrogen-bond acceptors (Lipinski definition) is 6. The smallest absolute Gasteiger partial charge is 0.168 e. The molecule has 0 heterocycles. The first-order valence-corrected chi connectivity index (χ1v) is 23.6. The number of hydrogen-bond donors (Lipinski definition) is 0. The van der Waals surface area contributed by atoms with Crippen LogP contribution in [0.5, 0.6) is 0 Å². The fourth-order valence-corrected chi connectivity index (χ4v) is 8.94. The first-order valence-electron chi connectivity index (χ1n) is 21.6. The zero-order valence-corrected chi connectivity index (χ0v) is 40.6. The van der Waals surface area contributed by atoms with Gasteiger partial charge >= 0.3 is 34.7 Å². The summed E-state index contributed by atoms with van der Waals surface area (Å²) in [6, 6.07) is 32.6. The molecule has 12 atom stereocenters. The van der Waals surface area contributed by atoms with Gasteiger partial charge in [-0.1, -0.05) is 200 Å². The lowest BCUT2D eigenvalue weighted by molar-refractivity contribution is 0.252. The number of allylic oxidation sites excluding steroid dienone is 6. The number of benzene rings is 3. The molecule has 3 aromatic rings. The summed E-state index contributed by atoms with van der Waals surface area (Å²) in [5, 5.41) is 0. The van der Waals surface area contributed by atoms with Crippen molar-refractivity contribution in [3.8, 4) is 0 Å². The predicted molar refractivity (Wildman–Crippen MR) is 261 cm³/mol. The highest BCUT2D eigenvalue weighted by atomic mass is 32.1. The Morgan fingerprint density at radius 2 is 0.508 bits per heavy atom. The van der Waals surface area contributed by atoms with Crippen LogP contribution in [-0.4, -0.2) is 25.3 Å². The largest absolute Gasteiger partial charge is 0.335 e. The summed E-state index contributed by atoms with van der Waals surface area (Å²) < 4.78 is 49.7. The first kappa shape index (κ1) is 57.3. The monoisotopic (exact) mass is 892 g/mol. The van der Waals surface area contributed by atoms with Gasteiger partial charge in [-0.05, 0) is 124 Å². The van der Waals surface area contributed by atoms with E-state index in [-0.39, 0.29) is 7.43 Å². The molecular formula is C52H76O6S3. The summed E-state index contributed by atoms with van der Waals surface area (Å²) >= 11 is -2.25. The maximum absolute atomic E-state index is 8.29. The molecule has 3 aliphatic carbocycles. The molecule has 3 aliphatic rings. The van der Waals surface area contributed by atoms with E-state index in [1.807, 2.05) is 0 Å². The summed E-state index contributed by atoms with van der Waals surface area (Å²) in [4.78, 5) is 0. The van der Waals surface area contributed by atoms with E-state index in [1.54, 1.807) is 16.7 Å². The van der Waals surface area contributed by atoms with Crippen LogP contribution >= 0.6 is 0 Å². The Labute approximate surface area is 381 Å². The molecule has 0 amide bonds. The van der Waals surface area contributed by atoms with Gasteiger partial charge in [-0.2, -0.15) is 25.3 Å². The summed E-state index contributed by atoms with van der Waals surface area (Å²) in [7, 11) is 0. The molecule has 0 radical (unpaired) electrons. The molecular weight excluding hydrogens is 817 g/mol.